The third kappa shape index (κ3) is 5.76. The van der Waals surface area contributed by atoms with E-state index < -0.39 is 0 Å². The maximum Gasteiger partial charge on any atom is 0.254 e. The SMILES string of the molecule is COc1cccc([C@@]23CCN(CC4CC4)C[C@H]2C(OC)C[C@@H](N(CC(C)C)C(=O)c2ccc4ccccc4c2)C3)c1. The van der Waals surface area contributed by atoms with Gasteiger partial charge in [0.15, 0.2) is 0 Å². The highest BCUT2D eigenvalue weighted by Gasteiger charge is 2.54. The Kier molecular flexibility index (Phi) is 8.11. The lowest BCUT2D eigenvalue weighted by Crippen LogP contribution is -2.62. The Morgan fingerprint density at radius 2 is 1.83 bits per heavy atom. The van der Waals surface area contributed by atoms with E-state index in [9.17, 15) is 4.79 Å². The third-order valence-corrected chi connectivity index (χ3v) is 10.0. The topological polar surface area (TPSA) is 42.0 Å². The lowest BCUT2D eigenvalue weighted by Gasteiger charge is -2.57. The fourth-order valence-electron chi connectivity index (χ4n) is 7.77. The van der Waals surface area contributed by atoms with Crippen molar-refractivity contribution < 1.29 is 14.3 Å². The summed E-state index contributed by atoms with van der Waals surface area (Å²) >= 11 is 0. The van der Waals surface area contributed by atoms with Gasteiger partial charge in [-0.15, -0.1) is 0 Å². The molecule has 1 amide bonds. The molecule has 4 atom stereocenters. The number of likely N-dealkylation sites (tertiary alicyclic amines) is 1. The molecule has 2 saturated carbocycles. The van der Waals surface area contributed by atoms with Crippen molar-refractivity contribution in [3.05, 3.63) is 77.9 Å². The summed E-state index contributed by atoms with van der Waals surface area (Å²) < 4.78 is 12.1. The van der Waals surface area contributed by atoms with Gasteiger partial charge in [-0.2, -0.15) is 0 Å². The summed E-state index contributed by atoms with van der Waals surface area (Å²) in [7, 11) is 3.63. The molecule has 218 valence electrons. The fourth-order valence-corrected chi connectivity index (χ4v) is 7.77. The Labute approximate surface area is 245 Å². The molecule has 3 fully saturated rings. The van der Waals surface area contributed by atoms with E-state index in [0.29, 0.717) is 11.8 Å². The molecule has 0 bridgehead atoms. The third-order valence-electron chi connectivity index (χ3n) is 10.0. The van der Waals surface area contributed by atoms with E-state index in [1.807, 2.05) is 31.4 Å². The first-order valence-corrected chi connectivity index (χ1v) is 15.6. The van der Waals surface area contributed by atoms with E-state index in [-0.39, 0.29) is 23.5 Å². The van der Waals surface area contributed by atoms with Gasteiger partial charge in [-0.25, -0.2) is 0 Å². The molecule has 0 aromatic heterocycles. The number of rotatable bonds is 9. The van der Waals surface area contributed by atoms with Crippen molar-refractivity contribution in [2.24, 2.45) is 17.8 Å². The van der Waals surface area contributed by atoms with Gasteiger partial charge >= 0.3 is 0 Å². The molecule has 1 aliphatic heterocycles. The van der Waals surface area contributed by atoms with Crippen LogP contribution < -0.4 is 4.74 Å². The molecule has 3 aromatic carbocycles. The molecule has 1 saturated heterocycles. The van der Waals surface area contributed by atoms with Crippen LogP contribution in [0.5, 0.6) is 5.75 Å². The molecule has 6 rings (SSSR count). The van der Waals surface area contributed by atoms with Crippen molar-refractivity contribution >= 4 is 16.7 Å². The summed E-state index contributed by atoms with van der Waals surface area (Å²) in [5, 5.41) is 2.27. The summed E-state index contributed by atoms with van der Waals surface area (Å²) in [4.78, 5) is 19.2. The van der Waals surface area contributed by atoms with Crippen LogP contribution in [0.15, 0.2) is 66.7 Å². The second-order valence-corrected chi connectivity index (χ2v) is 13.2. The van der Waals surface area contributed by atoms with Crippen LogP contribution in [-0.2, 0) is 10.2 Å². The number of nitrogens with zero attached hydrogens (tertiary/aromatic N) is 2. The average Bonchev–Trinajstić information content (AvgIpc) is 3.82. The smallest absolute Gasteiger partial charge is 0.254 e. The molecular formula is C36H46N2O3. The predicted octanol–water partition coefficient (Wildman–Crippen LogP) is 6.79. The van der Waals surface area contributed by atoms with Gasteiger partial charge in [-0.1, -0.05) is 56.3 Å². The van der Waals surface area contributed by atoms with E-state index in [1.165, 1.54) is 24.9 Å². The van der Waals surface area contributed by atoms with Crippen LogP contribution in [0.3, 0.4) is 0 Å². The van der Waals surface area contributed by atoms with Crippen molar-refractivity contribution in [2.75, 3.05) is 40.4 Å². The largest absolute Gasteiger partial charge is 0.497 e. The predicted molar refractivity (Wildman–Crippen MR) is 166 cm³/mol. The molecule has 5 nitrogen and oxygen atoms in total. The number of hydrogen-bond acceptors (Lipinski definition) is 4. The van der Waals surface area contributed by atoms with Crippen LogP contribution in [0.2, 0.25) is 0 Å². The number of amides is 1. The Morgan fingerprint density at radius 3 is 2.56 bits per heavy atom. The Hall–Kier alpha value is -2.89. The Morgan fingerprint density at radius 1 is 1.02 bits per heavy atom. The lowest BCUT2D eigenvalue weighted by atomic mass is 9.56. The van der Waals surface area contributed by atoms with Gasteiger partial charge in [0.05, 0.1) is 13.2 Å². The maximum absolute atomic E-state index is 14.4. The molecule has 3 aromatic rings. The van der Waals surface area contributed by atoms with E-state index >= 15 is 0 Å². The van der Waals surface area contributed by atoms with Gasteiger partial charge < -0.3 is 19.3 Å². The number of carbonyl (C=O) groups is 1. The van der Waals surface area contributed by atoms with Gasteiger partial charge in [-0.05, 0) is 91.1 Å². The number of benzene rings is 3. The number of piperidine rings is 1. The zero-order valence-corrected chi connectivity index (χ0v) is 25.2. The van der Waals surface area contributed by atoms with Gasteiger partial charge in [0.25, 0.3) is 5.91 Å². The average molecular weight is 555 g/mol. The Balaban J connectivity index is 1.37. The number of carbonyl (C=O) groups excluding carboxylic acids is 1. The van der Waals surface area contributed by atoms with E-state index in [4.69, 9.17) is 9.47 Å². The van der Waals surface area contributed by atoms with Gasteiger partial charge in [0.1, 0.15) is 5.75 Å². The number of methoxy groups -OCH3 is 2. The molecule has 3 aliphatic rings. The van der Waals surface area contributed by atoms with Crippen molar-refractivity contribution in [3.63, 3.8) is 0 Å². The standard InChI is InChI=1S/C36H46N2O3/c1-25(2)22-38(35(39)29-15-14-27-8-5-6-9-28(27)18-29)31-20-34(41-4)33-24-37(23-26-12-13-26)17-16-36(33,21-31)30-10-7-11-32(19-30)40-3/h5-11,14-15,18-19,25-26,31,33-34H,12-13,16-17,20-24H2,1-4H3/t31-,33+,34?,36+/m1/s1. The fraction of sp³-hybridized carbons (Fsp3) is 0.528. The van der Waals surface area contributed by atoms with E-state index in [2.05, 4.69) is 66.1 Å². The van der Waals surface area contributed by atoms with Crippen LogP contribution in [0.4, 0.5) is 0 Å². The highest BCUT2D eigenvalue weighted by molar-refractivity contribution is 5.98. The molecule has 0 radical (unpaired) electrons. The summed E-state index contributed by atoms with van der Waals surface area (Å²) in [6.45, 7) is 8.53. The van der Waals surface area contributed by atoms with Crippen molar-refractivity contribution in [2.45, 2.75) is 63.5 Å². The maximum atomic E-state index is 14.4. The highest BCUT2D eigenvalue weighted by atomic mass is 16.5. The van der Waals surface area contributed by atoms with Gasteiger partial charge in [0, 0.05) is 49.7 Å². The van der Waals surface area contributed by atoms with Crippen LogP contribution >= 0.6 is 0 Å². The molecule has 0 spiro atoms. The first kappa shape index (κ1) is 28.2. The van der Waals surface area contributed by atoms with Crippen LogP contribution in [0.1, 0.15) is 61.9 Å². The zero-order chi connectivity index (χ0) is 28.6. The summed E-state index contributed by atoms with van der Waals surface area (Å²) in [5.74, 6) is 2.65. The lowest BCUT2D eigenvalue weighted by molar-refractivity contribution is -0.0824. The van der Waals surface area contributed by atoms with Crippen LogP contribution in [0, 0.1) is 17.8 Å². The monoisotopic (exact) mass is 554 g/mol. The number of hydrogen-bond donors (Lipinski definition) is 0. The molecular weight excluding hydrogens is 508 g/mol. The van der Waals surface area contributed by atoms with Crippen molar-refractivity contribution in [1.82, 2.24) is 9.80 Å². The zero-order valence-electron chi connectivity index (χ0n) is 25.2. The molecule has 2 aliphatic carbocycles. The quantitative estimate of drug-likeness (QED) is 0.292. The summed E-state index contributed by atoms with van der Waals surface area (Å²) in [5.41, 5.74) is 2.04. The first-order valence-electron chi connectivity index (χ1n) is 15.6. The van der Waals surface area contributed by atoms with Crippen molar-refractivity contribution in [3.8, 4) is 5.75 Å². The van der Waals surface area contributed by atoms with Crippen molar-refractivity contribution in [1.29, 1.82) is 0 Å². The second-order valence-electron chi connectivity index (χ2n) is 13.2. The number of fused-ring (bicyclic) bond motifs is 2. The highest BCUT2D eigenvalue weighted by Crippen LogP contribution is 2.52. The second kappa shape index (κ2) is 11.8. The van der Waals surface area contributed by atoms with Crippen LogP contribution in [0.25, 0.3) is 10.8 Å². The van der Waals surface area contributed by atoms with Gasteiger partial charge in [-0.3, -0.25) is 4.79 Å². The molecule has 1 unspecified atom stereocenters. The van der Waals surface area contributed by atoms with Gasteiger partial charge in [0.2, 0.25) is 0 Å². The Bertz CT molecular complexity index is 1370. The minimum Gasteiger partial charge on any atom is -0.497 e. The van der Waals surface area contributed by atoms with Crippen LogP contribution in [-0.4, -0.2) is 68.3 Å². The molecule has 5 heteroatoms. The summed E-state index contributed by atoms with van der Waals surface area (Å²) in [6, 6.07) is 23.3. The minimum atomic E-state index is -0.0723. The minimum absolute atomic E-state index is 0.0723. The van der Waals surface area contributed by atoms with E-state index in [0.717, 1.165) is 66.9 Å². The molecule has 1 heterocycles. The first-order chi connectivity index (χ1) is 19.9. The molecule has 41 heavy (non-hydrogen) atoms. The summed E-state index contributed by atoms with van der Waals surface area (Å²) in [6.07, 6.45) is 5.73. The van der Waals surface area contributed by atoms with E-state index in [1.54, 1.807) is 7.11 Å². The molecule has 0 N–H and O–H groups in total. The number of ether oxygens (including phenoxy) is 2. The normalized spacial score (nSPS) is 26.6.